The first kappa shape index (κ1) is 13.9. The number of nitrogens with one attached hydrogen (secondary N) is 3. The average Bonchev–Trinajstić information content (AvgIpc) is 2.95. The molecule has 0 unspecified atom stereocenters. The summed E-state index contributed by atoms with van der Waals surface area (Å²) in [7, 11) is 0. The largest absolute Gasteiger partial charge is 0.351 e. The van der Waals surface area contributed by atoms with E-state index in [0.717, 1.165) is 11.3 Å². The number of aromatic amines is 2. The lowest BCUT2D eigenvalue weighted by Crippen LogP contribution is -2.25. The van der Waals surface area contributed by atoms with Crippen LogP contribution >= 0.6 is 11.3 Å². The van der Waals surface area contributed by atoms with Gasteiger partial charge in [-0.1, -0.05) is 0 Å². The zero-order chi connectivity index (χ0) is 14.7. The molecule has 0 aliphatic carbocycles. The third-order valence-electron chi connectivity index (χ3n) is 2.51. The lowest BCUT2D eigenvalue weighted by molar-refractivity contribution is -0.385. The summed E-state index contributed by atoms with van der Waals surface area (Å²) >= 11 is 1.07. The summed E-state index contributed by atoms with van der Waals surface area (Å²) in [5.41, 5.74) is -0.465. The van der Waals surface area contributed by atoms with Gasteiger partial charge >= 0.3 is 5.69 Å². The van der Waals surface area contributed by atoms with Crippen molar-refractivity contribution in [1.29, 1.82) is 0 Å². The van der Waals surface area contributed by atoms with Crippen LogP contribution in [0.1, 0.15) is 20.4 Å². The van der Waals surface area contributed by atoms with Gasteiger partial charge in [-0.25, -0.2) is 9.89 Å². The van der Waals surface area contributed by atoms with Gasteiger partial charge in [-0.2, -0.15) is 5.10 Å². The van der Waals surface area contributed by atoms with Crippen LogP contribution in [0.4, 0.5) is 5.69 Å². The van der Waals surface area contributed by atoms with Crippen molar-refractivity contribution in [3.05, 3.63) is 42.2 Å². The number of aromatic nitrogens is 3. The van der Waals surface area contributed by atoms with E-state index < -0.39 is 10.6 Å². The molecule has 20 heavy (non-hydrogen) atoms. The Hall–Kier alpha value is -2.49. The SMILES string of the molecule is Cc1sc(C(=O)NCCc2n[nH]c(=O)[nH]2)cc1[N+](=O)[O-]. The van der Waals surface area contributed by atoms with Gasteiger partial charge in [-0.05, 0) is 6.92 Å². The summed E-state index contributed by atoms with van der Waals surface area (Å²) in [6.07, 6.45) is 0.358. The second-order valence-corrected chi connectivity index (χ2v) is 5.20. The molecule has 0 saturated carbocycles. The summed E-state index contributed by atoms with van der Waals surface area (Å²) in [4.78, 5) is 36.0. The molecule has 9 nitrogen and oxygen atoms in total. The van der Waals surface area contributed by atoms with Crippen LogP contribution in [0.15, 0.2) is 10.9 Å². The van der Waals surface area contributed by atoms with Crippen LogP contribution in [0, 0.1) is 17.0 Å². The van der Waals surface area contributed by atoms with Crippen LogP contribution in [0.3, 0.4) is 0 Å². The summed E-state index contributed by atoms with van der Waals surface area (Å²) < 4.78 is 0. The van der Waals surface area contributed by atoms with Crippen molar-refractivity contribution in [2.45, 2.75) is 13.3 Å². The molecule has 2 aromatic rings. The minimum Gasteiger partial charge on any atom is -0.351 e. The molecule has 0 radical (unpaired) electrons. The lowest BCUT2D eigenvalue weighted by Gasteiger charge is -2.00. The van der Waals surface area contributed by atoms with E-state index in [1.807, 2.05) is 0 Å². The summed E-state index contributed by atoms with van der Waals surface area (Å²) in [6, 6.07) is 1.26. The third-order valence-corrected chi connectivity index (χ3v) is 3.55. The first-order valence-corrected chi connectivity index (χ1v) is 6.45. The van der Waals surface area contributed by atoms with Crippen molar-refractivity contribution < 1.29 is 9.72 Å². The standard InChI is InChI=1S/C10H11N5O4S/c1-5-6(15(18)19)4-7(20-5)9(16)11-3-2-8-12-10(17)14-13-8/h4H,2-3H2,1H3,(H,11,16)(H2,12,13,14,17). The minimum atomic E-state index is -0.517. The van der Waals surface area contributed by atoms with Crippen molar-refractivity contribution in [3.8, 4) is 0 Å². The molecule has 10 heteroatoms. The fourth-order valence-corrected chi connectivity index (χ4v) is 2.47. The van der Waals surface area contributed by atoms with E-state index in [2.05, 4.69) is 20.5 Å². The highest BCUT2D eigenvalue weighted by Gasteiger charge is 2.19. The van der Waals surface area contributed by atoms with Crippen LogP contribution in [-0.4, -0.2) is 32.6 Å². The molecular weight excluding hydrogens is 286 g/mol. The second-order valence-electron chi connectivity index (χ2n) is 3.94. The van der Waals surface area contributed by atoms with E-state index in [0.29, 0.717) is 17.1 Å². The van der Waals surface area contributed by atoms with Crippen LogP contribution in [0.2, 0.25) is 0 Å². The Bertz CT molecular complexity index is 701. The van der Waals surface area contributed by atoms with E-state index in [1.165, 1.54) is 6.07 Å². The topological polar surface area (TPSA) is 134 Å². The van der Waals surface area contributed by atoms with E-state index in [9.17, 15) is 19.7 Å². The zero-order valence-corrected chi connectivity index (χ0v) is 11.2. The number of rotatable bonds is 5. The van der Waals surface area contributed by atoms with Crippen LogP contribution in [-0.2, 0) is 6.42 Å². The van der Waals surface area contributed by atoms with Gasteiger partial charge in [0.1, 0.15) is 5.82 Å². The average molecular weight is 297 g/mol. The predicted octanol–water partition coefficient (Wildman–Crippen LogP) is 0.349. The Morgan fingerprint density at radius 3 is 2.90 bits per heavy atom. The lowest BCUT2D eigenvalue weighted by atomic mass is 10.3. The minimum absolute atomic E-state index is 0.0585. The number of aryl methyl sites for hydroxylation is 1. The number of nitrogens with zero attached hydrogens (tertiary/aromatic N) is 2. The van der Waals surface area contributed by atoms with Crippen LogP contribution in [0.25, 0.3) is 0 Å². The van der Waals surface area contributed by atoms with E-state index in [4.69, 9.17) is 0 Å². The highest BCUT2D eigenvalue weighted by Crippen LogP contribution is 2.27. The fourth-order valence-electron chi connectivity index (χ4n) is 1.57. The molecular formula is C10H11N5O4S. The van der Waals surface area contributed by atoms with E-state index in [-0.39, 0.29) is 23.0 Å². The van der Waals surface area contributed by atoms with Gasteiger partial charge in [-0.3, -0.25) is 19.9 Å². The molecule has 0 aliphatic heterocycles. The quantitative estimate of drug-likeness (QED) is 0.540. The van der Waals surface area contributed by atoms with Gasteiger partial charge in [0.2, 0.25) is 0 Å². The number of carbonyl (C=O) groups excluding carboxylic acids is 1. The number of nitro groups is 1. The summed E-state index contributed by atoms with van der Waals surface area (Å²) in [5.74, 6) is 0.0488. The van der Waals surface area contributed by atoms with Crippen molar-refractivity contribution in [2.24, 2.45) is 0 Å². The van der Waals surface area contributed by atoms with Gasteiger partial charge in [0, 0.05) is 19.0 Å². The first-order chi connectivity index (χ1) is 9.47. The number of carbonyl (C=O) groups is 1. The van der Waals surface area contributed by atoms with Gasteiger partial charge in [0.25, 0.3) is 11.6 Å². The Kier molecular flexibility index (Phi) is 3.94. The molecule has 0 bridgehead atoms. The molecule has 1 amide bonds. The number of hydrogen-bond acceptors (Lipinski definition) is 6. The Labute approximate surface area is 116 Å². The highest BCUT2D eigenvalue weighted by molar-refractivity contribution is 7.14. The van der Waals surface area contributed by atoms with E-state index in [1.54, 1.807) is 6.92 Å². The molecule has 2 heterocycles. The molecule has 0 spiro atoms. The molecule has 3 N–H and O–H groups in total. The maximum Gasteiger partial charge on any atom is 0.340 e. The molecule has 106 valence electrons. The Morgan fingerprint density at radius 1 is 1.60 bits per heavy atom. The number of amides is 1. The normalized spacial score (nSPS) is 10.4. The van der Waals surface area contributed by atoms with Crippen LogP contribution in [0.5, 0.6) is 0 Å². The maximum atomic E-state index is 11.8. The molecule has 0 aliphatic rings. The Morgan fingerprint density at radius 2 is 2.35 bits per heavy atom. The predicted molar refractivity (Wildman–Crippen MR) is 71.0 cm³/mol. The second kappa shape index (κ2) is 5.65. The number of thiophene rings is 1. The van der Waals surface area contributed by atoms with Crippen LogP contribution < -0.4 is 11.0 Å². The van der Waals surface area contributed by atoms with Crippen molar-refractivity contribution >= 4 is 22.9 Å². The van der Waals surface area contributed by atoms with Gasteiger partial charge in [0.05, 0.1) is 14.7 Å². The van der Waals surface area contributed by atoms with Crippen molar-refractivity contribution in [1.82, 2.24) is 20.5 Å². The monoisotopic (exact) mass is 297 g/mol. The summed E-state index contributed by atoms with van der Waals surface area (Å²) in [5, 5.41) is 19.2. The molecule has 0 atom stereocenters. The number of hydrogen-bond donors (Lipinski definition) is 3. The Balaban J connectivity index is 1.93. The molecule has 0 saturated heterocycles. The molecule has 2 aromatic heterocycles. The van der Waals surface area contributed by atoms with Crippen molar-refractivity contribution in [3.63, 3.8) is 0 Å². The highest BCUT2D eigenvalue weighted by atomic mass is 32.1. The van der Waals surface area contributed by atoms with Gasteiger partial charge < -0.3 is 5.32 Å². The van der Waals surface area contributed by atoms with E-state index >= 15 is 0 Å². The van der Waals surface area contributed by atoms with Gasteiger partial charge in [-0.15, -0.1) is 11.3 Å². The first-order valence-electron chi connectivity index (χ1n) is 5.64. The maximum absolute atomic E-state index is 11.8. The third kappa shape index (κ3) is 3.09. The molecule has 0 aromatic carbocycles. The van der Waals surface area contributed by atoms with Crippen molar-refractivity contribution in [2.75, 3.05) is 6.54 Å². The molecule has 0 fully saturated rings. The fraction of sp³-hybridized carbons (Fsp3) is 0.300. The smallest absolute Gasteiger partial charge is 0.340 e. The zero-order valence-electron chi connectivity index (χ0n) is 10.4. The molecule has 2 rings (SSSR count). The summed E-state index contributed by atoms with van der Waals surface area (Å²) in [6.45, 7) is 1.86. The van der Waals surface area contributed by atoms with Gasteiger partial charge in [0.15, 0.2) is 0 Å². The number of H-pyrrole nitrogens is 2.